The Bertz CT molecular complexity index is 683. The lowest BCUT2D eigenvalue weighted by Crippen LogP contribution is -2.23. The molecule has 2 atom stereocenters. The molecule has 2 fully saturated rings. The van der Waals surface area contributed by atoms with E-state index in [-0.39, 0.29) is 12.3 Å². The number of ether oxygens (including phenoxy) is 1. The second kappa shape index (κ2) is 5.68. The van der Waals surface area contributed by atoms with E-state index in [1.807, 2.05) is 10.7 Å². The van der Waals surface area contributed by atoms with Crippen LogP contribution < -0.4 is 4.90 Å². The van der Waals surface area contributed by atoms with Crippen LogP contribution >= 0.6 is 11.6 Å². The van der Waals surface area contributed by atoms with Gasteiger partial charge in [0.25, 0.3) is 0 Å². The molecule has 2 unspecified atom stereocenters. The van der Waals surface area contributed by atoms with Crippen LogP contribution in [-0.4, -0.2) is 45.7 Å². The first-order chi connectivity index (χ1) is 10.7. The van der Waals surface area contributed by atoms with E-state index in [4.69, 9.17) is 21.4 Å². The van der Waals surface area contributed by atoms with Crippen molar-refractivity contribution in [1.29, 1.82) is 0 Å². The predicted octanol–water partition coefficient (Wildman–Crippen LogP) is 2.35. The zero-order valence-electron chi connectivity index (χ0n) is 12.3. The third-order valence-corrected chi connectivity index (χ3v) is 4.64. The molecular weight excluding hydrogens is 304 g/mol. The average molecular weight is 323 g/mol. The van der Waals surface area contributed by atoms with E-state index < -0.39 is 0 Å². The van der Waals surface area contributed by atoms with Crippen LogP contribution in [-0.2, 0) is 4.74 Å². The molecule has 4 rings (SSSR count). The van der Waals surface area contributed by atoms with Crippen molar-refractivity contribution in [3.8, 4) is 0 Å². The van der Waals surface area contributed by atoms with Crippen LogP contribution in [0.2, 0.25) is 5.15 Å². The standard InChI is InChI=1S/C15H19ClN4O2/c16-13-7-12-11(8-17-13)15(19-5-4-10(21)9-19)18-20(12)14-3-1-2-6-22-14/h7-8,10,14,21H,1-6,9H2. The topological polar surface area (TPSA) is 63.4 Å². The van der Waals surface area contributed by atoms with Gasteiger partial charge < -0.3 is 14.7 Å². The highest BCUT2D eigenvalue weighted by atomic mass is 35.5. The van der Waals surface area contributed by atoms with Gasteiger partial charge in [-0.3, -0.25) is 0 Å². The zero-order valence-corrected chi connectivity index (χ0v) is 13.0. The van der Waals surface area contributed by atoms with E-state index >= 15 is 0 Å². The molecule has 0 radical (unpaired) electrons. The van der Waals surface area contributed by atoms with Crippen LogP contribution in [0.4, 0.5) is 5.82 Å². The van der Waals surface area contributed by atoms with Gasteiger partial charge in [-0.1, -0.05) is 11.6 Å². The van der Waals surface area contributed by atoms with Crippen molar-refractivity contribution < 1.29 is 9.84 Å². The van der Waals surface area contributed by atoms with Gasteiger partial charge in [0.1, 0.15) is 5.15 Å². The van der Waals surface area contributed by atoms with E-state index in [1.54, 1.807) is 6.20 Å². The van der Waals surface area contributed by atoms with Gasteiger partial charge in [-0.15, -0.1) is 0 Å². The third-order valence-electron chi connectivity index (χ3n) is 4.43. The van der Waals surface area contributed by atoms with Crippen LogP contribution in [0.15, 0.2) is 12.3 Å². The fourth-order valence-corrected chi connectivity index (χ4v) is 3.45. The van der Waals surface area contributed by atoms with Crippen LogP contribution in [0.5, 0.6) is 0 Å². The Morgan fingerprint density at radius 3 is 2.95 bits per heavy atom. The van der Waals surface area contributed by atoms with Crippen molar-refractivity contribution in [2.24, 2.45) is 0 Å². The van der Waals surface area contributed by atoms with E-state index in [9.17, 15) is 5.11 Å². The van der Waals surface area contributed by atoms with Gasteiger partial charge in [0, 0.05) is 32.0 Å². The smallest absolute Gasteiger partial charge is 0.160 e. The van der Waals surface area contributed by atoms with Gasteiger partial charge in [0.05, 0.1) is 17.0 Å². The minimum Gasteiger partial charge on any atom is -0.391 e. The zero-order chi connectivity index (χ0) is 15.1. The molecule has 6 nitrogen and oxygen atoms in total. The van der Waals surface area contributed by atoms with Crippen LogP contribution in [0, 0.1) is 0 Å². The molecule has 118 valence electrons. The van der Waals surface area contributed by atoms with Crippen molar-refractivity contribution in [3.05, 3.63) is 17.4 Å². The first kappa shape index (κ1) is 14.2. The molecule has 0 spiro atoms. The van der Waals surface area contributed by atoms with Gasteiger partial charge in [-0.25, -0.2) is 9.67 Å². The van der Waals surface area contributed by atoms with Crippen molar-refractivity contribution >= 4 is 28.3 Å². The number of pyridine rings is 1. The molecular formula is C15H19ClN4O2. The lowest BCUT2D eigenvalue weighted by atomic mass is 10.2. The number of nitrogens with zero attached hydrogens (tertiary/aromatic N) is 4. The molecule has 7 heteroatoms. The third kappa shape index (κ3) is 2.45. The largest absolute Gasteiger partial charge is 0.391 e. The second-order valence-corrected chi connectivity index (χ2v) is 6.39. The molecule has 2 saturated heterocycles. The Hall–Kier alpha value is -1.37. The number of anilines is 1. The summed E-state index contributed by atoms with van der Waals surface area (Å²) in [5, 5.41) is 16.0. The molecule has 2 aromatic rings. The minimum absolute atomic E-state index is 0.0454. The fraction of sp³-hybridized carbons (Fsp3) is 0.600. The van der Waals surface area contributed by atoms with Gasteiger partial charge in [0.15, 0.2) is 12.0 Å². The van der Waals surface area contributed by atoms with Gasteiger partial charge in [0.2, 0.25) is 0 Å². The van der Waals surface area contributed by atoms with Crippen molar-refractivity contribution in [3.63, 3.8) is 0 Å². The first-order valence-corrected chi connectivity index (χ1v) is 8.18. The summed E-state index contributed by atoms with van der Waals surface area (Å²) in [4.78, 5) is 6.31. The van der Waals surface area contributed by atoms with E-state index in [1.165, 1.54) is 0 Å². The second-order valence-electron chi connectivity index (χ2n) is 6.00. The summed E-state index contributed by atoms with van der Waals surface area (Å²) in [5.41, 5.74) is 0.947. The van der Waals surface area contributed by atoms with Crippen LogP contribution in [0.1, 0.15) is 31.9 Å². The maximum Gasteiger partial charge on any atom is 0.160 e. The number of fused-ring (bicyclic) bond motifs is 1. The number of rotatable bonds is 2. The Kier molecular flexibility index (Phi) is 3.68. The molecule has 22 heavy (non-hydrogen) atoms. The van der Waals surface area contributed by atoms with E-state index in [0.29, 0.717) is 11.7 Å². The van der Waals surface area contributed by atoms with Crippen molar-refractivity contribution in [2.45, 2.75) is 38.0 Å². The molecule has 2 aliphatic heterocycles. The molecule has 2 aromatic heterocycles. The number of hydrogen-bond acceptors (Lipinski definition) is 5. The summed E-state index contributed by atoms with van der Waals surface area (Å²) in [6.07, 6.45) is 5.41. The number of halogens is 1. The lowest BCUT2D eigenvalue weighted by Gasteiger charge is -2.23. The molecule has 0 amide bonds. The van der Waals surface area contributed by atoms with Gasteiger partial charge >= 0.3 is 0 Å². The molecule has 4 heterocycles. The summed E-state index contributed by atoms with van der Waals surface area (Å²) in [7, 11) is 0. The molecule has 1 N–H and O–H groups in total. The molecule has 0 saturated carbocycles. The number of aliphatic hydroxyl groups excluding tert-OH is 1. The summed E-state index contributed by atoms with van der Waals surface area (Å²) in [6.45, 7) is 2.18. The summed E-state index contributed by atoms with van der Waals surface area (Å²) in [6, 6.07) is 1.85. The number of aliphatic hydroxyl groups is 1. The van der Waals surface area contributed by atoms with Gasteiger partial charge in [-0.05, 0) is 25.7 Å². The summed E-state index contributed by atoms with van der Waals surface area (Å²) in [5.74, 6) is 0.866. The average Bonchev–Trinajstić information content (AvgIpc) is 3.11. The fourth-order valence-electron chi connectivity index (χ4n) is 3.30. The molecule has 0 aromatic carbocycles. The highest BCUT2D eigenvalue weighted by Crippen LogP contribution is 2.33. The minimum atomic E-state index is -0.286. The SMILES string of the molecule is OC1CCN(c2nn(C3CCCCO3)c3cc(Cl)ncc23)C1. The number of aromatic nitrogens is 3. The molecule has 0 aliphatic carbocycles. The molecule has 2 aliphatic rings. The Morgan fingerprint density at radius 2 is 2.23 bits per heavy atom. The Labute approximate surface area is 133 Å². The summed E-state index contributed by atoms with van der Waals surface area (Å²) < 4.78 is 7.81. The predicted molar refractivity (Wildman–Crippen MR) is 84.2 cm³/mol. The number of β-amino-alcohol motifs (C(OH)–C–C–N with tert-alkyl or cyclic N) is 1. The molecule has 0 bridgehead atoms. The van der Waals surface area contributed by atoms with E-state index in [2.05, 4.69) is 9.88 Å². The van der Waals surface area contributed by atoms with Crippen molar-refractivity contribution in [1.82, 2.24) is 14.8 Å². The van der Waals surface area contributed by atoms with E-state index in [0.717, 1.165) is 55.6 Å². The van der Waals surface area contributed by atoms with Crippen molar-refractivity contribution in [2.75, 3.05) is 24.6 Å². The maximum absolute atomic E-state index is 9.79. The first-order valence-electron chi connectivity index (χ1n) is 7.81. The normalized spacial score (nSPS) is 26.0. The highest BCUT2D eigenvalue weighted by Gasteiger charge is 2.27. The Balaban J connectivity index is 1.80. The Morgan fingerprint density at radius 1 is 1.32 bits per heavy atom. The lowest BCUT2D eigenvalue weighted by molar-refractivity contribution is -0.0365. The van der Waals surface area contributed by atoms with Crippen LogP contribution in [0.25, 0.3) is 10.9 Å². The highest BCUT2D eigenvalue weighted by molar-refractivity contribution is 6.30. The monoisotopic (exact) mass is 322 g/mol. The van der Waals surface area contributed by atoms with Gasteiger partial charge in [-0.2, -0.15) is 5.10 Å². The van der Waals surface area contributed by atoms with Crippen LogP contribution in [0.3, 0.4) is 0 Å². The maximum atomic E-state index is 9.79. The number of hydrogen-bond donors (Lipinski definition) is 1. The summed E-state index contributed by atoms with van der Waals surface area (Å²) >= 11 is 6.08. The quantitative estimate of drug-likeness (QED) is 0.860.